The van der Waals surface area contributed by atoms with Gasteiger partial charge < -0.3 is 5.32 Å². The Bertz CT molecular complexity index is 433. The molecule has 0 bridgehead atoms. The molecule has 0 aliphatic rings. The Kier molecular flexibility index (Phi) is 4.34. The molecule has 92 valence electrons. The van der Waals surface area contributed by atoms with Crippen molar-refractivity contribution >= 4 is 11.3 Å². The number of hydrogen-bond acceptors (Lipinski definition) is 3. The van der Waals surface area contributed by atoms with Crippen molar-refractivity contribution < 1.29 is 0 Å². The molecule has 0 radical (unpaired) electrons. The van der Waals surface area contributed by atoms with Gasteiger partial charge in [0.1, 0.15) is 0 Å². The van der Waals surface area contributed by atoms with E-state index in [-0.39, 0.29) is 0 Å². The second-order valence-corrected chi connectivity index (χ2v) is 5.27. The van der Waals surface area contributed by atoms with Crippen LogP contribution in [0.4, 0.5) is 0 Å². The summed E-state index contributed by atoms with van der Waals surface area (Å²) >= 11 is 1.82. The standard InChI is InChI=1S/C13H19N3S/c1-3-6-14-13(8-12-5-4-7-17-12)11-9-15-16(2)10-11/h4-5,7,9-10,13-14H,3,6,8H2,1-2H3. The molecule has 0 fully saturated rings. The Labute approximate surface area is 106 Å². The van der Waals surface area contributed by atoms with E-state index in [1.807, 2.05) is 29.3 Å². The highest BCUT2D eigenvalue weighted by atomic mass is 32.1. The fraction of sp³-hybridized carbons (Fsp3) is 0.462. The van der Waals surface area contributed by atoms with Gasteiger partial charge in [0.25, 0.3) is 0 Å². The van der Waals surface area contributed by atoms with Gasteiger partial charge >= 0.3 is 0 Å². The van der Waals surface area contributed by atoms with E-state index in [1.54, 1.807) is 0 Å². The Morgan fingerprint density at radius 3 is 3.00 bits per heavy atom. The zero-order valence-corrected chi connectivity index (χ0v) is 11.2. The summed E-state index contributed by atoms with van der Waals surface area (Å²) in [5.41, 5.74) is 1.27. The SMILES string of the molecule is CCCNC(Cc1cccs1)c1cnn(C)c1. The maximum absolute atomic E-state index is 4.25. The smallest absolute Gasteiger partial charge is 0.0537 e. The van der Waals surface area contributed by atoms with E-state index < -0.39 is 0 Å². The largest absolute Gasteiger partial charge is 0.310 e. The predicted molar refractivity (Wildman–Crippen MR) is 72.3 cm³/mol. The molecule has 1 N–H and O–H groups in total. The topological polar surface area (TPSA) is 29.9 Å². The van der Waals surface area contributed by atoms with E-state index in [0.29, 0.717) is 6.04 Å². The molecule has 1 unspecified atom stereocenters. The van der Waals surface area contributed by atoms with E-state index in [2.05, 4.69) is 41.0 Å². The van der Waals surface area contributed by atoms with Gasteiger partial charge in [-0.1, -0.05) is 13.0 Å². The van der Waals surface area contributed by atoms with Crippen molar-refractivity contribution in [2.45, 2.75) is 25.8 Å². The number of aromatic nitrogens is 2. The summed E-state index contributed by atoms with van der Waals surface area (Å²) in [6.45, 7) is 3.24. The quantitative estimate of drug-likeness (QED) is 0.853. The van der Waals surface area contributed by atoms with Crippen LogP contribution in [0.3, 0.4) is 0 Å². The first-order chi connectivity index (χ1) is 8.29. The van der Waals surface area contributed by atoms with Gasteiger partial charge in [0, 0.05) is 36.1 Å². The molecule has 4 heteroatoms. The number of thiophene rings is 1. The van der Waals surface area contributed by atoms with E-state index in [4.69, 9.17) is 0 Å². The monoisotopic (exact) mass is 249 g/mol. The average Bonchev–Trinajstić information content (AvgIpc) is 2.95. The van der Waals surface area contributed by atoms with Crippen LogP contribution in [0.25, 0.3) is 0 Å². The van der Waals surface area contributed by atoms with Gasteiger partial charge in [-0.3, -0.25) is 4.68 Å². The Hall–Kier alpha value is -1.13. The molecule has 3 nitrogen and oxygen atoms in total. The van der Waals surface area contributed by atoms with Gasteiger partial charge in [-0.25, -0.2) is 0 Å². The van der Waals surface area contributed by atoms with E-state index in [1.165, 1.54) is 10.4 Å². The fourth-order valence-electron chi connectivity index (χ4n) is 1.88. The highest BCUT2D eigenvalue weighted by Gasteiger charge is 2.13. The van der Waals surface area contributed by atoms with Crippen LogP contribution < -0.4 is 5.32 Å². The molecule has 2 rings (SSSR count). The van der Waals surface area contributed by atoms with Crippen molar-refractivity contribution in [2.75, 3.05) is 6.54 Å². The lowest BCUT2D eigenvalue weighted by Gasteiger charge is -2.16. The third-order valence-corrected chi connectivity index (χ3v) is 3.65. The van der Waals surface area contributed by atoms with Crippen LogP contribution >= 0.6 is 11.3 Å². The third kappa shape index (κ3) is 3.41. The van der Waals surface area contributed by atoms with Crippen LogP contribution in [0, 0.1) is 0 Å². The lowest BCUT2D eigenvalue weighted by molar-refractivity contribution is 0.532. The van der Waals surface area contributed by atoms with E-state index >= 15 is 0 Å². The first-order valence-electron chi connectivity index (χ1n) is 6.04. The van der Waals surface area contributed by atoms with Gasteiger partial charge in [-0.05, 0) is 24.4 Å². The number of nitrogens with one attached hydrogen (secondary N) is 1. The van der Waals surface area contributed by atoms with Crippen molar-refractivity contribution in [3.63, 3.8) is 0 Å². The predicted octanol–water partition coefficient (Wildman–Crippen LogP) is 2.77. The molecular formula is C13H19N3S. The van der Waals surface area contributed by atoms with Crippen LogP contribution in [0.2, 0.25) is 0 Å². The third-order valence-electron chi connectivity index (χ3n) is 2.75. The normalized spacial score (nSPS) is 12.8. The molecule has 0 spiro atoms. The molecule has 2 heterocycles. The summed E-state index contributed by atoms with van der Waals surface area (Å²) in [6, 6.07) is 4.68. The zero-order valence-electron chi connectivity index (χ0n) is 10.4. The van der Waals surface area contributed by atoms with Crippen LogP contribution in [0.5, 0.6) is 0 Å². The molecule has 0 amide bonds. The number of aryl methyl sites for hydroxylation is 1. The molecule has 2 aromatic heterocycles. The Morgan fingerprint density at radius 2 is 2.41 bits per heavy atom. The first-order valence-corrected chi connectivity index (χ1v) is 6.92. The summed E-state index contributed by atoms with van der Waals surface area (Å²) in [4.78, 5) is 1.42. The fourth-order valence-corrected chi connectivity index (χ4v) is 2.63. The molecule has 2 aromatic rings. The van der Waals surface area contributed by atoms with Crippen LogP contribution in [0.1, 0.15) is 29.8 Å². The van der Waals surface area contributed by atoms with Gasteiger partial charge in [-0.2, -0.15) is 5.10 Å². The van der Waals surface area contributed by atoms with E-state index in [0.717, 1.165) is 19.4 Å². The van der Waals surface area contributed by atoms with Gasteiger partial charge in [0.05, 0.1) is 6.20 Å². The minimum Gasteiger partial charge on any atom is -0.310 e. The number of rotatable bonds is 6. The zero-order chi connectivity index (χ0) is 12.1. The van der Waals surface area contributed by atoms with Crippen molar-refractivity contribution in [2.24, 2.45) is 7.05 Å². The maximum Gasteiger partial charge on any atom is 0.0537 e. The Morgan fingerprint density at radius 1 is 1.53 bits per heavy atom. The molecule has 1 atom stereocenters. The summed E-state index contributed by atoms with van der Waals surface area (Å²) in [7, 11) is 1.96. The lowest BCUT2D eigenvalue weighted by atomic mass is 10.1. The highest BCUT2D eigenvalue weighted by molar-refractivity contribution is 7.09. The van der Waals surface area contributed by atoms with Gasteiger partial charge in [0.15, 0.2) is 0 Å². The summed E-state index contributed by atoms with van der Waals surface area (Å²) in [6.07, 6.45) is 6.26. The van der Waals surface area contributed by atoms with Crippen molar-refractivity contribution in [3.8, 4) is 0 Å². The summed E-state index contributed by atoms with van der Waals surface area (Å²) in [5, 5.41) is 9.98. The molecular weight excluding hydrogens is 230 g/mol. The first kappa shape index (κ1) is 12.3. The molecule has 17 heavy (non-hydrogen) atoms. The molecule has 0 aliphatic heterocycles. The molecule has 0 saturated carbocycles. The van der Waals surface area contributed by atoms with E-state index in [9.17, 15) is 0 Å². The highest BCUT2D eigenvalue weighted by Crippen LogP contribution is 2.20. The molecule has 0 aromatic carbocycles. The number of hydrogen-bond donors (Lipinski definition) is 1. The molecule has 0 saturated heterocycles. The minimum absolute atomic E-state index is 0.377. The summed E-state index contributed by atoms with van der Waals surface area (Å²) in [5.74, 6) is 0. The van der Waals surface area contributed by atoms with Gasteiger partial charge in [0.2, 0.25) is 0 Å². The maximum atomic E-state index is 4.25. The van der Waals surface area contributed by atoms with Crippen LogP contribution in [-0.2, 0) is 13.5 Å². The van der Waals surface area contributed by atoms with Gasteiger partial charge in [-0.15, -0.1) is 11.3 Å². The van der Waals surface area contributed by atoms with Crippen molar-refractivity contribution in [3.05, 3.63) is 40.3 Å². The van der Waals surface area contributed by atoms with Crippen molar-refractivity contribution in [1.29, 1.82) is 0 Å². The average molecular weight is 249 g/mol. The lowest BCUT2D eigenvalue weighted by Crippen LogP contribution is -2.23. The second kappa shape index (κ2) is 5.98. The summed E-state index contributed by atoms with van der Waals surface area (Å²) < 4.78 is 1.87. The van der Waals surface area contributed by atoms with Crippen LogP contribution in [-0.4, -0.2) is 16.3 Å². The Balaban J connectivity index is 2.07. The van der Waals surface area contributed by atoms with Crippen LogP contribution in [0.15, 0.2) is 29.9 Å². The second-order valence-electron chi connectivity index (χ2n) is 4.24. The minimum atomic E-state index is 0.377. The number of nitrogens with zero attached hydrogens (tertiary/aromatic N) is 2. The van der Waals surface area contributed by atoms with Crippen molar-refractivity contribution in [1.82, 2.24) is 15.1 Å². The molecule has 0 aliphatic carbocycles.